The number of piperidine rings is 1. The number of rotatable bonds is 5. The molecule has 1 saturated heterocycles. The van der Waals surface area contributed by atoms with Crippen LogP contribution in [-0.2, 0) is 28.7 Å². The van der Waals surface area contributed by atoms with E-state index < -0.39 is 73.1 Å². The monoisotopic (exact) mass is 519 g/mol. The Morgan fingerprint density at radius 2 is 1.83 bits per heavy atom. The largest absolute Gasteiger partial charge is 0.465 e. The normalized spacial score (nSPS) is 19.1. The van der Waals surface area contributed by atoms with E-state index in [1.54, 1.807) is 20.8 Å². The van der Waals surface area contributed by atoms with Gasteiger partial charge in [0.25, 0.3) is 5.92 Å². The molecular weight excluding hydrogens is 489 g/mol. The van der Waals surface area contributed by atoms with E-state index in [1.165, 1.54) is 17.0 Å². The molecule has 12 heteroatoms. The SMILES string of the molecule is CC(C)(C)N(C(=O)O)[C@@H](CC(=O)N1CCc2c(cccc2C(F)(F)F)C1)CN1CC(F)(F)CCC1=O. The van der Waals surface area contributed by atoms with E-state index in [-0.39, 0.29) is 31.5 Å². The minimum atomic E-state index is -4.53. The van der Waals surface area contributed by atoms with Crippen molar-refractivity contribution in [2.45, 2.75) is 76.7 Å². The zero-order valence-electron chi connectivity index (χ0n) is 20.4. The van der Waals surface area contributed by atoms with Gasteiger partial charge < -0.3 is 14.9 Å². The van der Waals surface area contributed by atoms with Gasteiger partial charge in [-0.25, -0.2) is 13.6 Å². The highest BCUT2D eigenvalue weighted by atomic mass is 19.4. The standard InChI is InChI=1S/C24H30F5N3O4/c1-22(2,3)32(21(35)36)16(13-31-14-23(25,26)9-7-19(31)33)11-20(34)30-10-8-17-15(12-30)5-4-6-18(17)24(27,28)29/h4-6,16H,7-14H2,1-3H3,(H,35,36)/t16-/m0/s1. The van der Waals surface area contributed by atoms with Crippen molar-refractivity contribution in [1.82, 2.24) is 14.7 Å². The molecule has 200 valence electrons. The van der Waals surface area contributed by atoms with Gasteiger partial charge in [0.15, 0.2) is 0 Å². The molecule has 1 N–H and O–H groups in total. The van der Waals surface area contributed by atoms with Gasteiger partial charge in [-0.2, -0.15) is 13.2 Å². The fourth-order valence-electron chi connectivity index (χ4n) is 4.96. The molecule has 7 nitrogen and oxygen atoms in total. The smallest absolute Gasteiger partial charge is 0.416 e. The number of carboxylic acid groups (broad SMARTS) is 1. The van der Waals surface area contributed by atoms with Crippen LogP contribution in [0.5, 0.6) is 0 Å². The van der Waals surface area contributed by atoms with E-state index >= 15 is 0 Å². The van der Waals surface area contributed by atoms with Crippen LogP contribution >= 0.6 is 0 Å². The van der Waals surface area contributed by atoms with Crippen LogP contribution in [0.15, 0.2) is 18.2 Å². The van der Waals surface area contributed by atoms with Gasteiger partial charge >= 0.3 is 12.3 Å². The summed E-state index contributed by atoms with van der Waals surface area (Å²) in [5.41, 5.74) is -1.31. The van der Waals surface area contributed by atoms with Crippen molar-refractivity contribution >= 4 is 17.9 Å². The summed E-state index contributed by atoms with van der Waals surface area (Å²) in [4.78, 5) is 40.9. The average Bonchev–Trinajstić information content (AvgIpc) is 2.73. The van der Waals surface area contributed by atoms with Gasteiger partial charge in [0.2, 0.25) is 11.8 Å². The Morgan fingerprint density at radius 3 is 2.42 bits per heavy atom. The second-order valence-corrected chi connectivity index (χ2v) is 10.3. The van der Waals surface area contributed by atoms with Crippen LogP contribution in [0.25, 0.3) is 0 Å². The predicted octanol–water partition coefficient (Wildman–Crippen LogP) is 4.39. The maximum atomic E-state index is 14.0. The molecule has 0 bridgehead atoms. The quantitative estimate of drug-likeness (QED) is 0.586. The Kier molecular flexibility index (Phi) is 7.57. The number of hydrogen-bond acceptors (Lipinski definition) is 3. The van der Waals surface area contributed by atoms with Crippen molar-refractivity contribution < 1.29 is 41.4 Å². The molecule has 0 unspecified atom stereocenters. The third-order valence-corrected chi connectivity index (χ3v) is 6.54. The average molecular weight is 520 g/mol. The van der Waals surface area contributed by atoms with E-state index in [2.05, 4.69) is 0 Å². The number of carbonyl (C=O) groups is 3. The van der Waals surface area contributed by atoms with Gasteiger partial charge in [0.05, 0.1) is 18.2 Å². The second kappa shape index (κ2) is 9.85. The van der Waals surface area contributed by atoms with Crippen molar-refractivity contribution in [2.75, 3.05) is 19.6 Å². The molecule has 0 radical (unpaired) electrons. The molecule has 3 rings (SSSR count). The van der Waals surface area contributed by atoms with E-state index in [1.807, 2.05) is 0 Å². The van der Waals surface area contributed by atoms with E-state index in [0.29, 0.717) is 5.56 Å². The summed E-state index contributed by atoms with van der Waals surface area (Å²) in [7, 11) is 0. The highest BCUT2D eigenvalue weighted by Gasteiger charge is 2.43. The number of hydrogen-bond donors (Lipinski definition) is 1. The van der Waals surface area contributed by atoms with Crippen molar-refractivity contribution in [2.24, 2.45) is 0 Å². The molecule has 1 aromatic carbocycles. The van der Waals surface area contributed by atoms with Crippen molar-refractivity contribution in [1.29, 1.82) is 0 Å². The summed E-state index contributed by atoms with van der Waals surface area (Å²) >= 11 is 0. The summed E-state index contributed by atoms with van der Waals surface area (Å²) in [5.74, 6) is -4.20. The lowest BCUT2D eigenvalue weighted by Crippen LogP contribution is -2.58. The van der Waals surface area contributed by atoms with Crippen LogP contribution in [0.3, 0.4) is 0 Å². The molecule has 1 fully saturated rings. The van der Waals surface area contributed by atoms with E-state index in [4.69, 9.17) is 0 Å². The summed E-state index contributed by atoms with van der Waals surface area (Å²) < 4.78 is 68.1. The molecule has 36 heavy (non-hydrogen) atoms. The molecule has 0 spiro atoms. The molecule has 0 aliphatic carbocycles. The first kappa shape index (κ1) is 27.7. The Hall–Kier alpha value is -2.92. The van der Waals surface area contributed by atoms with E-state index in [9.17, 15) is 41.4 Å². The van der Waals surface area contributed by atoms with Gasteiger partial charge in [-0.15, -0.1) is 0 Å². The highest BCUT2D eigenvalue weighted by molar-refractivity contribution is 5.80. The van der Waals surface area contributed by atoms with Gasteiger partial charge in [0.1, 0.15) is 0 Å². The minimum Gasteiger partial charge on any atom is -0.465 e. The van der Waals surface area contributed by atoms with Crippen LogP contribution < -0.4 is 0 Å². The lowest BCUT2D eigenvalue weighted by atomic mass is 9.93. The van der Waals surface area contributed by atoms with Crippen molar-refractivity contribution in [3.05, 3.63) is 34.9 Å². The zero-order valence-corrected chi connectivity index (χ0v) is 20.4. The molecular formula is C24H30F5N3O4. The van der Waals surface area contributed by atoms with Crippen LogP contribution in [-0.4, -0.2) is 74.9 Å². The maximum Gasteiger partial charge on any atom is 0.416 e. The van der Waals surface area contributed by atoms with E-state index in [0.717, 1.165) is 15.9 Å². The number of nitrogens with zero attached hydrogens (tertiary/aromatic N) is 3. The molecule has 2 heterocycles. The third-order valence-electron chi connectivity index (χ3n) is 6.54. The number of alkyl halides is 5. The lowest BCUT2D eigenvalue weighted by Gasteiger charge is -2.43. The molecule has 0 saturated carbocycles. The predicted molar refractivity (Wildman–Crippen MR) is 119 cm³/mol. The second-order valence-electron chi connectivity index (χ2n) is 10.3. The highest BCUT2D eigenvalue weighted by Crippen LogP contribution is 2.36. The fraction of sp³-hybridized carbons (Fsp3) is 0.625. The summed E-state index contributed by atoms with van der Waals surface area (Å²) in [5, 5.41) is 9.88. The van der Waals surface area contributed by atoms with Crippen molar-refractivity contribution in [3.63, 3.8) is 0 Å². The topological polar surface area (TPSA) is 81.2 Å². The van der Waals surface area contributed by atoms with Gasteiger partial charge in [-0.3, -0.25) is 14.5 Å². The first-order valence-corrected chi connectivity index (χ1v) is 11.6. The summed E-state index contributed by atoms with van der Waals surface area (Å²) in [6.45, 7) is 3.39. The molecule has 1 aromatic rings. The molecule has 3 amide bonds. The minimum absolute atomic E-state index is 0.00501. The zero-order chi connectivity index (χ0) is 27.1. The number of fused-ring (bicyclic) bond motifs is 1. The molecule has 2 aliphatic rings. The Morgan fingerprint density at radius 1 is 1.17 bits per heavy atom. The number of carbonyl (C=O) groups excluding carboxylic acids is 2. The Balaban J connectivity index is 1.84. The lowest BCUT2D eigenvalue weighted by molar-refractivity contribution is -0.149. The van der Waals surface area contributed by atoms with Crippen LogP contribution in [0, 0.1) is 0 Å². The van der Waals surface area contributed by atoms with Gasteiger partial charge in [-0.1, -0.05) is 12.1 Å². The first-order valence-electron chi connectivity index (χ1n) is 11.6. The number of halogens is 5. The number of likely N-dealkylation sites (tertiary alicyclic amines) is 1. The Labute approximate surface area is 205 Å². The van der Waals surface area contributed by atoms with Crippen molar-refractivity contribution in [3.8, 4) is 0 Å². The first-order chi connectivity index (χ1) is 16.5. The molecule has 0 aromatic heterocycles. The van der Waals surface area contributed by atoms with Crippen LogP contribution in [0.4, 0.5) is 26.7 Å². The van der Waals surface area contributed by atoms with Gasteiger partial charge in [0, 0.05) is 44.4 Å². The Bertz CT molecular complexity index is 1020. The summed E-state index contributed by atoms with van der Waals surface area (Å²) in [6.07, 6.45) is -7.33. The third kappa shape index (κ3) is 6.25. The molecule has 1 atom stereocenters. The van der Waals surface area contributed by atoms with Gasteiger partial charge in [-0.05, 0) is 44.4 Å². The number of amides is 3. The fourth-order valence-corrected chi connectivity index (χ4v) is 4.96. The summed E-state index contributed by atoms with van der Waals surface area (Å²) in [6, 6.07) is 2.64. The molecule has 2 aliphatic heterocycles. The van der Waals surface area contributed by atoms with Crippen LogP contribution in [0.2, 0.25) is 0 Å². The number of benzene rings is 1. The van der Waals surface area contributed by atoms with Crippen LogP contribution in [0.1, 0.15) is 56.7 Å². The maximum absolute atomic E-state index is 14.0.